The van der Waals surface area contributed by atoms with Crippen LogP contribution in [0.3, 0.4) is 0 Å². The number of nitrogens with one attached hydrogen (secondary N) is 3. The zero-order valence-electron chi connectivity index (χ0n) is 20.5. The zero-order chi connectivity index (χ0) is 25.4. The molecule has 0 unspecified atom stereocenters. The first-order chi connectivity index (χ1) is 16.7. The Balaban J connectivity index is 1.44. The number of benzene rings is 3. The maximum Gasteiger partial charge on any atom is 0.255 e. The van der Waals surface area contributed by atoms with Gasteiger partial charge in [-0.05, 0) is 71.6 Å². The van der Waals surface area contributed by atoms with Crippen LogP contribution in [-0.4, -0.2) is 31.4 Å². The molecule has 7 nitrogen and oxygen atoms in total. The lowest BCUT2D eigenvalue weighted by molar-refractivity contribution is -0.116. The number of carbonyl (C=O) groups is 3. The highest BCUT2D eigenvalue weighted by molar-refractivity contribution is 6.04. The molecule has 35 heavy (non-hydrogen) atoms. The number of anilines is 2. The molecule has 0 saturated carbocycles. The fraction of sp³-hybridized carbons (Fsp3) is 0.250. The van der Waals surface area contributed by atoms with E-state index in [2.05, 4.69) is 36.7 Å². The Kier molecular flexibility index (Phi) is 8.25. The van der Waals surface area contributed by atoms with E-state index in [-0.39, 0.29) is 36.1 Å². The van der Waals surface area contributed by atoms with Crippen molar-refractivity contribution in [2.24, 2.45) is 0 Å². The number of hydrogen-bond donors (Lipinski definition) is 3. The Morgan fingerprint density at radius 2 is 1.23 bits per heavy atom. The van der Waals surface area contributed by atoms with E-state index in [1.807, 2.05) is 12.1 Å². The molecular weight excluding hydrogens is 442 g/mol. The summed E-state index contributed by atoms with van der Waals surface area (Å²) in [4.78, 5) is 37.0. The molecule has 0 saturated heterocycles. The Morgan fingerprint density at radius 3 is 1.80 bits per heavy atom. The van der Waals surface area contributed by atoms with Gasteiger partial charge in [-0.3, -0.25) is 14.4 Å². The largest absolute Gasteiger partial charge is 0.497 e. The van der Waals surface area contributed by atoms with Crippen LogP contribution in [-0.2, 0) is 10.2 Å². The van der Waals surface area contributed by atoms with Crippen LogP contribution >= 0.6 is 0 Å². The molecule has 0 bridgehead atoms. The van der Waals surface area contributed by atoms with E-state index in [9.17, 15) is 14.4 Å². The van der Waals surface area contributed by atoms with Gasteiger partial charge in [-0.15, -0.1) is 0 Å². The topological polar surface area (TPSA) is 96.5 Å². The van der Waals surface area contributed by atoms with Gasteiger partial charge in [-0.1, -0.05) is 32.9 Å². The predicted octanol–water partition coefficient (Wildman–Crippen LogP) is 5.00. The summed E-state index contributed by atoms with van der Waals surface area (Å²) < 4.78 is 5.11. The smallest absolute Gasteiger partial charge is 0.255 e. The highest BCUT2D eigenvalue weighted by Crippen LogP contribution is 2.22. The summed E-state index contributed by atoms with van der Waals surface area (Å²) in [5.41, 5.74) is 3.41. The number of hydrogen-bond acceptors (Lipinski definition) is 4. The SMILES string of the molecule is COc1ccc(NC(=O)c2ccc(NC(=O)CCNC(=O)c3ccc(C(C)(C)C)cc3)cc2)cc1. The number of amides is 3. The summed E-state index contributed by atoms with van der Waals surface area (Å²) in [5, 5.41) is 8.35. The minimum atomic E-state index is -0.258. The van der Waals surface area contributed by atoms with Crippen LogP contribution in [0, 0.1) is 0 Å². The lowest BCUT2D eigenvalue weighted by Crippen LogP contribution is -2.27. The second kappa shape index (κ2) is 11.3. The third-order valence-corrected chi connectivity index (χ3v) is 5.43. The monoisotopic (exact) mass is 473 g/mol. The highest BCUT2D eigenvalue weighted by Gasteiger charge is 2.14. The number of methoxy groups -OCH3 is 1. The standard InChI is InChI=1S/C28H31N3O4/c1-28(2,3)21-9-5-19(6-10-21)26(33)29-18-17-25(32)30-22-11-7-20(8-12-22)27(34)31-23-13-15-24(35-4)16-14-23/h5-16H,17-18H2,1-4H3,(H,29,33)(H,30,32)(H,31,34). The van der Waals surface area contributed by atoms with Gasteiger partial charge in [0.15, 0.2) is 0 Å². The molecule has 7 heteroatoms. The summed E-state index contributed by atoms with van der Waals surface area (Å²) in [6.45, 7) is 6.57. The second-order valence-electron chi connectivity index (χ2n) is 9.14. The van der Waals surface area contributed by atoms with Crippen LogP contribution in [0.1, 0.15) is 53.5 Å². The van der Waals surface area contributed by atoms with Crippen molar-refractivity contribution in [3.05, 3.63) is 89.5 Å². The van der Waals surface area contributed by atoms with E-state index in [0.29, 0.717) is 28.3 Å². The molecule has 0 aliphatic heterocycles. The minimum absolute atomic E-state index is 0.0195. The van der Waals surface area contributed by atoms with Crippen molar-refractivity contribution < 1.29 is 19.1 Å². The van der Waals surface area contributed by atoms with Crippen LogP contribution < -0.4 is 20.7 Å². The van der Waals surface area contributed by atoms with Crippen LogP contribution in [0.25, 0.3) is 0 Å². The minimum Gasteiger partial charge on any atom is -0.497 e. The van der Waals surface area contributed by atoms with Crippen LogP contribution in [0.2, 0.25) is 0 Å². The Morgan fingerprint density at radius 1 is 0.714 bits per heavy atom. The summed E-state index contributed by atoms with van der Waals surface area (Å²) in [6, 6.07) is 21.1. The number of rotatable bonds is 8. The molecule has 0 radical (unpaired) electrons. The predicted molar refractivity (Wildman–Crippen MR) is 138 cm³/mol. The Bertz CT molecular complexity index is 1160. The molecule has 0 aromatic heterocycles. The van der Waals surface area contributed by atoms with Crippen molar-refractivity contribution in [2.45, 2.75) is 32.6 Å². The van der Waals surface area contributed by atoms with E-state index in [0.717, 1.165) is 5.56 Å². The quantitative estimate of drug-likeness (QED) is 0.429. The molecule has 0 spiro atoms. The molecule has 3 aromatic rings. The average molecular weight is 474 g/mol. The van der Waals surface area contributed by atoms with Crippen molar-refractivity contribution in [1.82, 2.24) is 5.32 Å². The first kappa shape index (κ1) is 25.5. The highest BCUT2D eigenvalue weighted by atomic mass is 16.5. The van der Waals surface area contributed by atoms with Crippen molar-refractivity contribution in [3.63, 3.8) is 0 Å². The third kappa shape index (κ3) is 7.43. The molecule has 0 heterocycles. The molecule has 3 amide bonds. The molecule has 3 rings (SSSR count). The van der Waals surface area contributed by atoms with Crippen molar-refractivity contribution >= 4 is 29.1 Å². The molecule has 0 aliphatic carbocycles. The van der Waals surface area contributed by atoms with E-state index in [1.165, 1.54) is 0 Å². The maximum atomic E-state index is 12.4. The molecular formula is C28H31N3O4. The maximum absolute atomic E-state index is 12.4. The van der Waals surface area contributed by atoms with Gasteiger partial charge in [-0.2, -0.15) is 0 Å². The lowest BCUT2D eigenvalue weighted by atomic mass is 9.87. The van der Waals surface area contributed by atoms with Gasteiger partial charge >= 0.3 is 0 Å². The van der Waals surface area contributed by atoms with Crippen molar-refractivity contribution in [2.75, 3.05) is 24.3 Å². The van der Waals surface area contributed by atoms with Crippen molar-refractivity contribution in [1.29, 1.82) is 0 Å². The average Bonchev–Trinajstić information content (AvgIpc) is 2.84. The van der Waals surface area contributed by atoms with E-state index >= 15 is 0 Å². The molecule has 0 atom stereocenters. The molecule has 3 N–H and O–H groups in total. The second-order valence-corrected chi connectivity index (χ2v) is 9.14. The van der Waals surface area contributed by atoms with Gasteiger partial charge in [0.2, 0.25) is 5.91 Å². The van der Waals surface area contributed by atoms with Crippen LogP contribution in [0.5, 0.6) is 5.75 Å². The zero-order valence-corrected chi connectivity index (χ0v) is 20.5. The van der Waals surface area contributed by atoms with Crippen molar-refractivity contribution in [3.8, 4) is 5.75 Å². The van der Waals surface area contributed by atoms with Crippen LogP contribution in [0.15, 0.2) is 72.8 Å². The normalized spacial score (nSPS) is 10.9. The fourth-order valence-electron chi connectivity index (χ4n) is 3.32. The van der Waals surface area contributed by atoms with Gasteiger partial charge in [0.25, 0.3) is 11.8 Å². The van der Waals surface area contributed by atoms with E-state index < -0.39 is 0 Å². The fourth-order valence-corrected chi connectivity index (χ4v) is 3.32. The van der Waals surface area contributed by atoms with Gasteiger partial charge in [0.1, 0.15) is 5.75 Å². The summed E-state index contributed by atoms with van der Waals surface area (Å²) in [7, 11) is 1.58. The van der Waals surface area contributed by atoms with Gasteiger partial charge in [0, 0.05) is 35.5 Å². The summed E-state index contributed by atoms with van der Waals surface area (Å²) >= 11 is 0. The Labute approximate surface area is 205 Å². The van der Waals surface area contributed by atoms with E-state index in [1.54, 1.807) is 67.8 Å². The van der Waals surface area contributed by atoms with Gasteiger partial charge in [0.05, 0.1) is 7.11 Å². The molecule has 0 fully saturated rings. The van der Waals surface area contributed by atoms with E-state index in [4.69, 9.17) is 4.74 Å². The van der Waals surface area contributed by atoms with Gasteiger partial charge < -0.3 is 20.7 Å². The lowest BCUT2D eigenvalue weighted by Gasteiger charge is -2.19. The molecule has 182 valence electrons. The molecule has 3 aromatic carbocycles. The molecule has 0 aliphatic rings. The first-order valence-corrected chi connectivity index (χ1v) is 11.4. The Hall–Kier alpha value is -4.13. The summed E-state index contributed by atoms with van der Waals surface area (Å²) in [6.07, 6.45) is 0.130. The first-order valence-electron chi connectivity index (χ1n) is 11.4. The number of carbonyl (C=O) groups excluding carboxylic acids is 3. The van der Waals surface area contributed by atoms with Gasteiger partial charge in [-0.25, -0.2) is 0 Å². The summed E-state index contributed by atoms with van der Waals surface area (Å²) in [5.74, 6) is -0.00185. The number of ether oxygens (including phenoxy) is 1. The third-order valence-electron chi connectivity index (χ3n) is 5.43. The van der Waals surface area contributed by atoms with Crippen LogP contribution in [0.4, 0.5) is 11.4 Å².